The molecule has 4 rings (SSSR count). The van der Waals surface area contributed by atoms with E-state index in [-0.39, 0.29) is 5.56 Å². The lowest BCUT2D eigenvalue weighted by molar-refractivity contribution is -0.137. The minimum atomic E-state index is -4.58. The average Bonchev–Trinajstić information content (AvgIpc) is 2.82. The van der Waals surface area contributed by atoms with Crippen molar-refractivity contribution in [2.75, 3.05) is 33.2 Å². The van der Waals surface area contributed by atoms with Crippen LogP contribution in [0.4, 0.5) is 13.2 Å². The minimum Gasteiger partial charge on any atom is -0.335 e. The van der Waals surface area contributed by atoms with Crippen LogP contribution in [0.15, 0.2) is 64.2 Å². The van der Waals surface area contributed by atoms with Gasteiger partial charge in [0.15, 0.2) is 0 Å². The largest absolute Gasteiger partial charge is 0.416 e. The van der Waals surface area contributed by atoms with Crippen LogP contribution in [0.3, 0.4) is 0 Å². The summed E-state index contributed by atoms with van der Waals surface area (Å²) in [5, 5.41) is 4.08. The monoisotopic (exact) mass is 473 g/mol. The molecule has 1 fully saturated rings. The molecule has 0 atom stereocenters. The van der Waals surface area contributed by atoms with Crippen LogP contribution < -0.4 is 11.2 Å². The SMILES string of the molecule is CN1CCN(C(=O)c2nn(-c3ccccc3)c(=O)n(Cc3cccc(C(F)(F)F)c3)c2=O)CC1. The van der Waals surface area contributed by atoms with E-state index in [1.165, 1.54) is 17.0 Å². The number of para-hydroxylation sites is 1. The lowest BCUT2D eigenvalue weighted by atomic mass is 10.1. The fraction of sp³-hybridized carbons (Fsp3) is 0.304. The standard InChI is InChI=1S/C23H22F3N5O3/c1-28-10-12-29(13-11-28)20(32)19-21(33)30(15-16-6-5-7-17(14-16)23(24,25)26)22(34)31(27-19)18-8-3-2-4-9-18/h2-9,14H,10-13,15H2,1H3. The predicted molar refractivity (Wildman–Crippen MR) is 118 cm³/mol. The highest BCUT2D eigenvalue weighted by Gasteiger charge is 2.31. The first-order chi connectivity index (χ1) is 16.1. The molecule has 3 aromatic rings. The highest BCUT2D eigenvalue weighted by Crippen LogP contribution is 2.29. The molecule has 178 valence electrons. The number of aromatic nitrogens is 3. The summed E-state index contributed by atoms with van der Waals surface area (Å²) in [4.78, 5) is 43.1. The number of rotatable bonds is 4. The molecule has 34 heavy (non-hydrogen) atoms. The minimum absolute atomic E-state index is 0.0952. The first-order valence-corrected chi connectivity index (χ1v) is 10.6. The van der Waals surface area contributed by atoms with E-state index in [1.54, 1.807) is 30.3 Å². The normalized spacial score (nSPS) is 14.9. The average molecular weight is 473 g/mol. The topological polar surface area (TPSA) is 80.4 Å². The van der Waals surface area contributed by atoms with Crippen molar-refractivity contribution in [2.24, 2.45) is 0 Å². The number of hydrogen-bond donors (Lipinski definition) is 0. The third kappa shape index (κ3) is 4.79. The van der Waals surface area contributed by atoms with Crippen molar-refractivity contribution in [1.29, 1.82) is 0 Å². The van der Waals surface area contributed by atoms with Crippen molar-refractivity contribution < 1.29 is 18.0 Å². The molecule has 2 heterocycles. The zero-order valence-corrected chi connectivity index (χ0v) is 18.3. The Kier molecular flexibility index (Phi) is 6.38. The third-order valence-electron chi connectivity index (χ3n) is 5.65. The Morgan fingerprint density at radius 2 is 1.65 bits per heavy atom. The van der Waals surface area contributed by atoms with Crippen molar-refractivity contribution in [3.8, 4) is 5.69 Å². The number of carbonyl (C=O) groups excluding carboxylic acids is 1. The van der Waals surface area contributed by atoms with Gasteiger partial charge < -0.3 is 9.80 Å². The summed E-state index contributed by atoms with van der Waals surface area (Å²) in [7, 11) is 1.91. The Labute approximate surface area is 192 Å². The Hall–Kier alpha value is -3.73. The molecular weight excluding hydrogens is 451 g/mol. The molecule has 0 spiro atoms. The smallest absolute Gasteiger partial charge is 0.335 e. The van der Waals surface area contributed by atoms with Crippen LogP contribution in [0, 0.1) is 0 Å². The maximum absolute atomic E-state index is 13.2. The summed E-state index contributed by atoms with van der Waals surface area (Å²) in [5.74, 6) is -0.624. The number of amides is 1. The molecule has 1 saturated heterocycles. The van der Waals surface area contributed by atoms with E-state index >= 15 is 0 Å². The van der Waals surface area contributed by atoms with Crippen molar-refractivity contribution in [1.82, 2.24) is 24.1 Å². The van der Waals surface area contributed by atoms with Crippen LogP contribution in [0.5, 0.6) is 0 Å². The zero-order chi connectivity index (χ0) is 24.5. The number of alkyl halides is 3. The van der Waals surface area contributed by atoms with Gasteiger partial charge in [-0.3, -0.25) is 14.2 Å². The van der Waals surface area contributed by atoms with E-state index < -0.39 is 41.1 Å². The highest BCUT2D eigenvalue weighted by molar-refractivity contribution is 5.92. The van der Waals surface area contributed by atoms with Crippen LogP contribution in [0.1, 0.15) is 21.6 Å². The lowest BCUT2D eigenvalue weighted by Gasteiger charge is -2.32. The van der Waals surface area contributed by atoms with E-state index in [0.717, 1.165) is 21.4 Å². The molecule has 0 bridgehead atoms. The van der Waals surface area contributed by atoms with Gasteiger partial charge in [0.25, 0.3) is 11.5 Å². The molecule has 11 heteroatoms. The first-order valence-electron chi connectivity index (χ1n) is 10.6. The van der Waals surface area contributed by atoms with Crippen LogP contribution in [0.2, 0.25) is 0 Å². The molecule has 2 aromatic carbocycles. The second-order valence-electron chi connectivity index (χ2n) is 8.06. The van der Waals surface area contributed by atoms with E-state index in [4.69, 9.17) is 0 Å². The van der Waals surface area contributed by atoms with Gasteiger partial charge in [-0.2, -0.15) is 23.0 Å². The van der Waals surface area contributed by atoms with Gasteiger partial charge in [-0.15, -0.1) is 0 Å². The summed E-state index contributed by atoms with van der Waals surface area (Å²) in [5.41, 5.74) is -2.75. The second kappa shape index (κ2) is 9.26. The van der Waals surface area contributed by atoms with E-state index in [2.05, 4.69) is 5.10 Å². The fourth-order valence-electron chi connectivity index (χ4n) is 3.71. The maximum Gasteiger partial charge on any atom is 0.416 e. The fourth-order valence-corrected chi connectivity index (χ4v) is 3.71. The lowest BCUT2D eigenvalue weighted by Crippen LogP contribution is -2.51. The molecule has 0 saturated carbocycles. The number of benzene rings is 2. The first kappa shape index (κ1) is 23.4. The van der Waals surface area contributed by atoms with E-state index in [0.29, 0.717) is 31.9 Å². The van der Waals surface area contributed by atoms with Gasteiger partial charge in [0.1, 0.15) is 0 Å². The zero-order valence-electron chi connectivity index (χ0n) is 18.3. The summed E-state index contributed by atoms with van der Waals surface area (Å²) >= 11 is 0. The maximum atomic E-state index is 13.2. The summed E-state index contributed by atoms with van der Waals surface area (Å²) in [6.45, 7) is 1.55. The Morgan fingerprint density at radius 1 is 0.971 bits per heavy atom. The highest BCUT2D eigenvalue weighted by atomic mass is 19.4. The molecule has 1 amide bonds. The van der Waals surface area contributed by atoms with Crippen LogP contribution in [-0.4, -0.2) is 63.3 Å². The molecular formula is C23H22F3N5O3. The Morgan fingerprint density at radius 3 is 2.29 bits per heavy atom. The van der Waals surface area contributed by atoms with Crippen LogP contribution in [-0.2, 0) is 12.7 Å². The molecule has 1 aliphatic rings. The molecule has 1 aliphatic heterocycles. The molecule has 0 radical (unpaired) electrons. The predicted octanol–water partition coefficient (Wildman–Crippen LogP) is 1.85. The quantitative estimate of drug-likeness (QED) is 0.578. The third-order valence-corrected chi connectivity index (χ3v) is 5.65. The number of piperazine rings is 1. The van der Waals surface area contributed by atoms with E-state index in [9.17, 15) is 27.6 Å². The molecule has 0 unspecified atom stereocenters. The summed E-state index contributed by atoms with van der Waals surface area (Å²) in [6.07, 6.45) is -4.58. The van der Waals surface area contributed by atoms with Crippen molar-refractivity contribution in [2.45, 2.75) is 12.7 Å². The molecule has 8 nitrogen and oxygen atoms in total. The van der Waals surface area contributed by atoms with Crippen LogP contribution in [0.25, 0.3) is 5.69 Å². The number of halogens is 3. The molecule has 1 aromatic heterocycles. The van der Waals surface area contributed by atoms with Crippen LogP contribution >= 0.6 is 0 Å². The van der Waals surface area contributed by atoms with Crippen molar-refractivity contribution >= 4 is 5.91 Å². The second-order valence-corrected chi connectivity index (χ2v) is 8.06. The van der Waals surface area contributed by atoms with Gasteiger partial charge >= 0.3 is 11.9 Å². The summed E-state index contributed by atoms with van der Waals surface area (Å²) in [6, 6.07) is 12.6. The molecule has 0 N–H and O–H groups in total. The van der Waals surface area contributed by atoms with E-state index in [1.807, 2.05) is 11.9 Å². The van der Waals surface area contributed by atoms with Gasteiger partial charge in [-0.25, -0.2) is 4.79 Å². The number of likely N-dealkylation sites (N-methyl/N-ethyl adjacent to an activating group) is 1. The van der Waals surface area contributed by atoms with Crippen molar-refractivity contribution in [3.05, 3.63) is 92.3 Å². The van der Waals surface area contributed by atoms with Gasteiger partial charge in [0.05, 0.1) is 17.8 Å². The number of nitrogens with zero attached hydrogens (tertiary/aromatic N) is 5. The van der Waals surface area contributed by atoms with Gasteiger partial charge in [-0.05, 0) is 36.9 Å². The van der Waals surface area contributed by atoms with Gasteiger partial charge in [0.2, 0.25) is 5.69 Å². The van der Waals surface area contributed by atoms with Gasteiger partial charge in [-0.1, -0.05) is 30.3 Å². The Balaban J connectivity index is 1.82. The number of hydrogen-bond acceptors (Lipinski definition) is 5. The Bertz CT molecular complexity index is 1310. The number of carbonyl (C=O) groups is 1. The van der Waals surface area contributed by atoms with Crippen molar-refractivity contribution in [3.63, 3.8) is 0 Å². The summed E-state index contributed by atoms with van der Waals surface area (Å²) < 4.78 is 41.1. The molecule has 0 aliphatic carbocycles. The van der Waals surface area contributed by atoms with Gasteiger partial charge in [0, 0.05) is 26.2 Å².